The van der Waals surface area contributed by atoms with E-state index >= 15 is 0 Å². The summed E-state index contributed by atoms with van der Waals surface area (Å²) in [5.41, 5.74) is 0. The van der Waals surface area contributed by atoms with Gasteiger partial charge in [-0.05, 0) is 27.2 Å². The topological polar surface area (TPSA) is 42.7 Å². The second-order valence-corrected chi connectivity index (χ2v) is 4.78. The fourth-order valence-corrected chi connectivity index (χ4v) is 1.99. The van der Waals surface area contributed by atoms with Gasteiger partial charge in [0, 0.05) is 12.6 Å². The molecule has 98 valence electrons. The summed E-state index contributed by atoms with van der Waals surface area (Å²) in [5, 5.41) is 7.89. The summed E-state index contributed by atoms with van der Waals surface area (Å²) < 4.78 is 1.97. The smallest absolute Gasteiger partial charge is 0.147 e. The van der Waals surface area contributed by atoms with Gasteiger partial charge in [0.25, 0.3) is 0 Å². The summed E-state index contributed by atoms with van der Waals surface area (Å²) in [6, 6.07) is 0.603. The molecule has 1 heterocycles. The molecule has 0 bridgehead atoms. The molecule has 0 saturated carbocycles. The van der Waals surface area contributed by atoms with Crippen LogP contribution in [0.25, 0.3) is 0 Å². The van der Waals surface area contributed by atoms with Crippen LogP contribution < -0.4 is 5.32 Å². The Morgan fingerprint density at radius 3 is 2.65 bits per heavy atom. The van der Waals surface area contributed by atoms with Crippen molar-refractivity contribution >= 4 is 0 Å². The van der Waals surface area contributed by atoms with Crippen molar-refractivity contribution in [1.82, 2.24) is 20.1 Å². The Hall–Kier alpha value is -0.900. The highest BCUT2D eigenvalue weighted by molar-refractivity contribution is 4.87. The Labute approximate surface area is 105 Å². The Kier molecular flexibility index (Phi) is 6.19. The Bertz CT molecular complexity index is 319. The minimum atomic E-state index is 0.603. The third-order valence-corrected chi connectivity index (χ3v) is 3.02. The lowest BCUT2D eigenvalue weighted by Crippen LogP contribution is -2.29. The number of aromatic nitrogens is 3. The number of hydrogen-bond donors (Lipinski definition) is 1. The van der Waals surface area contributed by atoms with E-state index in [-0.39, 0.29) is 0 Å². The summed E-state index contributed by atoms with van der Waals surface area (Å²) in [7, 11) is 0. The molecule has 1 unspecified atom stereocenters. The lowest BCUT2D eigenvalue weighted by atomic mass is 10.1. The van der Waals surface area contributed by atoms with E-state index in [0.29, 0.717) is 6.04 Å². The predicted octanol–water partition coefficient (Wildman–Crippen LogP) is 2.45. The fraction of sp³-hybridized carbons (Fsp3) is 0.846. The average Bonchev–Trinajstić information content (AvgIpc) is 2.58. The van der Waals surface area contributed by atoms with Crippen molar-refractivity contribution in [2.45, 2.75) is 66.0 Å². The molecule has 1 N–H and O–H groups in total. The second-order valence-electron chi connectivity index (χ2n) is 4.78. The van der Waals surface area contributed by atoms with Crippen LogP contribution in [0, 0.1) is 13.8 Å². The molecule has 0 aromatic carbocycles. The van der Waals surface area contributed by atoms with Crippen molar-refractivity contribution in [3.63, 3.8) is 0 Å². The molecule has 1 rings (SSSR count). The highest BCUT2D eigenvalue weighted by Gasteiger charge is 2.03. The van der Waals surface area contributed by atoms with E-state index < -0.39 is 0 Å². The monoisotopic (exact) mass is 238 g/mol. The number of nitrogens with zero attached hydrogens (tertiary/aromatic N) is 3. The lowest BCUT2D eigenvalue weighted by molar-refractivity contribution is 0.456. The van der Waals surface area contributed by atoms with Crippen LogP contribution in [0.15, 0.2) is 0 Å². The molecule has 1 aromatic heterocycles. The summed E-state index contributed by atoms with van der Waals surface area (Å²) in [6.07, 6.45) is 5.23. The summed E-state index contributed by atoms with van der Waals surface area (Å²) >= 11 is 0. The minimum absolute atomic E-state index is 0.603. The van der Waals surface area contributed by atoms with Crippen LogP contribution in [0.1, 0.15) is 51.2 Å². The van der Waals surface area contributed by atoms with Crippen LogP contribution in [-0.2, 0) is 6.54 Å². The molecule has 0 saturated heterocycles. The van der Waals surface area contributed by atoms with Gasteiger partial charge in [0.15, 0.2) is 0 Å². The van der Waals surface area contributed by atoms with Gasteiger partial charge in [0.2, 0.25) is 0 Å². The maximum absolute atomic E-state index is 4.35. The molecule has 1 aromatic rings. The molecule has 0 aliphatic carbocycles. The first-order valence-corrected chi connectivity index (χ1v) is 6.75. The van der Waals surface area contributed by atoms with E-state index in [1.54, 1.807) is 0 Å². The summed E-state index contributed by atoms with van der Waals surface area (Å²) in [6.45, 7) is 10.3. The van der Waals surface area contributed by atoms with Gasteiger partial charge in [0.05, 0.1) is 6.54 Å². The Balaban J connectivity index is 2.17. The molecular weight excluding hydrogens is 212 g/mol. The van der Waals surface area contributed by atoms with Crippen molar-refractivity contribution in [3.05, 3.63) is 11.6 Å². The maximum Gasteiger partial charge on any atom is 0.147 e. The summed E-state index contributed by atoms with van der Waals surface area (Å²) in [5.74, 6) is 1.86. The quantitative estimate of drug-likeness (QED) is 0.707. The van der Waals surface area contributed by atoms with E-state index in [9.17, 15) is 0 Å². The van der Waals surface area contributed by atoms with Crippen LogP contribution in [0.3, 0.4) is 0 Å². The van der Waals surface area contributed by atoms with Gasteiger partial charge >= 0.3 is 0 Å². The average molecular weight is 238 g/mol. The third kappa shape index (κ3) is 5.31. The summed E-state index contributed by atoms with van der Waals surface area (Å²) in [4.78, 5) is 4.29. The zero-order chi connectivity index (χ0) is 12.7. The van der Waals surface area contributed by atoms with E-state index in [0.717, 1.165) is 24.7 Å². The molecule has 0 aliphatic rings. The fourth-order valence-electron chi connectivity index (χ4n) is 1.99. The number of hydrogen-bond acceptors (Lipinski definition) is 3. The van der Waals surface area contributed by atoms with Gasteiger partial charge in [-0.3, -0.25) is 0 Å². The number of unbranched alkanes of at least 4 members (excludes halogenated alkanes) is 2. The molecule has 0 radical (unpaired) electrons. The SMILES string of the molecule is CCCCCC(C)NCCn1nc(C)nc1C. The number of nitrogens with one attached hydrogen (secondary N) is 1. The molecule has 0 aliphatic heterocycles. The Morgan fingerprint density at radius 1 is 1.29 bits per heavy atom. The molecule has 0 amide bonds. The zero-order valence-electron chi connectivity index (χ0n) is 11.7. The van der Waals surface area contributed by atoms with E-state index in [4.69, 9.17) is 0 Å². The zero-order valence-corrected chi connectivity index (χ0v) is 11.7. The van der Waals surface area contributed by atoms with Crippen LogP contribution in [-0.4, -0.2) is 27.4 Å². The third-order valence-electron chi connectivity index (χ3n) is 3.02. The van der Waals surface area contributed by atoms with Gasteiger partial charge in [0.1, 0.15) is 11.6 Å². The van der Waals surface area contributed by atoms with Gasteiger partial charge in [-0.15, -0.1) is 0 Å². The number of aryl methyl sites for hydroxylation is 2. The Morgan fingerprint density at radius 2 is 2.06 bits per heavy atom. The molecular formula is C13H26N4. The van der Waals surface area contributed by atoms with Crippen molar-refractivity contribution < 1.29 is 0 Å². The van der Waals surface area contributed by atoms with Gasteiger partial charge in [-0.1, -0.05) is 26.2 Å². The van der Waals surface area contributed by atoms with Gasteiger partial charge in [-0.2, -0.15) is 5.10 Å². The first-order chi connectivity index (χ1) is 8.13. The van der Waals surface area contributed by atoms with Crippen LogP contribution >= 0.6 is 0 Å². The maximum atomic E-state index is 4.35. The molecule has 0 spiro atoms. The molecule has 1 atom stereocenters. The normalized spacial score (nSPS) is 12.9. The van der Waals surface area contributed by atoms with Crippen LogP contribution in [0.5, 0.6) is 0 Å². The van der Waals surface area contributed by atoms with Crippen molar-refractivity contribution in [3.8, 4) is 0 Å². The lowest BCUT2D eigenvalue weighted by Gasteiger charge is -2.13. The van der Waals surface area contributed by atoms with E-state index in [1.807, 2.05) is 18.5 Å². The van der Waals surface area contributed by atoms with Crippen molar-refractivity contribution in [2.24, 2.45) is 0 Å². The minimum Gasteiger partial charge on any atom is -0.312 e. The first-order valence-electron chi connectivity index (χ1n) is 6.75. The second kappa shape index (κ2) is 7.43. The van der Waals surface area contributed by atoms with Crippen molar-refractivity contribution in [2.75, 3.05) is 6.54 Å². The molecule has 4 heteroatoms. The van der Waals surface area contributed by atoms with Crippen molar-refractivity contribution in [1.29, 1.82) is 0 Å². The van der Waals surface area contributed by atoms with Crippen LogP contribution in [0.2, 0.25) is 0 Å². The highest BCUT2D eigenvalue weighted by atomic mass is 15.3. The number of rotatable bonds is 8. The molecule has 4 nitrogen and oxygen atoms in total. The van der Waals surface area contributed by atoms with E-state index in [1.165, 1.54) is 25.7 Å². The van der Waals surface area contributed by atoms with Crippen LogP contribution in [0.4, 0.5) is 0 Å². The largest absolute Gasteiger partial charge is 0.312 e. The first kappa shape index (κ1) is 14.2. The van der Waals surface area contributed by atoms with E-state index in [2.05, 4.69) is 29.2 Å². The van der Waals surface area contributed by atoms with Gasteiger partial charge < -0.3 is 5.32 Å². The molecule has 17 heavy (non-hydrogen) atoms. The standard InChI is InChI=1S/C13H26N4/c1-5-6-7-8-11(2)14-9-10-17-13(4)15-12(3)16-17/h11,14H,5-10H2,1-4H3. The molecule has 0 fully saturated rings. The highest BCUT2D eigenvalue weighted by Crippen LogP contribution is 2.02. The predicted molar refractivity (Wildman–Crippen MR) is 71.1 cm³/mol. The van der Waals surface area contributed by atoms with Gasteiger partial charge in [-0.25, -0.2) is 9.67 Å².